The van der Waals surface area contributed by atoms with Gasteiger partial charge in [0.25, 0.3) is 0 Å². The summed E-state index contributed by atoms with van der Waals surface area (Å²) in [7, 11) is 0. The van der Waals surface area contributed by atoms with Crippen molar-refractivity contribution in [1.82, 2.24) is 0 Å². The summed E-state index contributed by atoms with van der Waals surface area (Å²) < 4.78 is 11.8. The maximum absolute atomic E-state index is 10.4. The zero-order valence-corrected chi connectivity index (χ0v) is 25.3. The van der Waals surface area contributed by atoms with Crippen LogP contribution in [0.3, 0.4) is 0 Å². The summed E-state index contributed by atoms with van der Waals surface area (Å²) in [5, 5.41) is 39.8. The molecule has 0 aliphatic rings. The van der Waals surface area contributed by atoms with E-state index in [1.165, 1.54) is 116 Å². The summed E-state index contributed by atoms with van der Waals surface area (Å²) in [6.07, 6.45) is 23.3. The highest BCUT2D eigenvalue weighted by atomic mass is 16.6. The van der Waals surface area contributed by atoms with Gasteiger partial charge in [-0.05, 0) is 12.8 Å². The molecule has 0 aromatic rings. The Labute approximate surface area is 235 Å². The average molecular weight is 547 g/mol. The Bertz CT molecular complexity index is 410. The van der Waals surface area contributed by atoms with Crippen LogP contribution < -0.4 is 0 Å². The van der Waals surface area contributed by atoms with Gasteiger partial charge in [0.1, 0.15) is 24.4 Å². The first-order chi connectivity index (χ1) is 18.6. The molecule has 0 radical (unpaired) electrons. The Morgan fingerprint density at radius 3 is 0.868 bits per heavy atom. The van der Waals surface area contributed by atoms with Gasteiger partial charge in [0, 0.05) is 13.2 Å². The van der Waals surface area contributed by atoms with Crippen LogP contribution in [0.2, 0.25) is 0 Å². The van der Waals surface area contributed by atoms with E-state index in [9.17, 15) is 20.4 Å². The molecule has 0 bridgehead atoms. The molecule has 6 nitrogen and oxygen atoms in total. The predicted octanol–water partition coefficient (Wildman–Crippen LogP) is 7.09. The van der Waals surface area contributed by atoms with Crippen molar-refractivity contribution in [1.29, 1.82) is 0 Å². The van der Waals surface area contributed by atoms with Crippen LogP contribution in [-0.4, -0.2) is 71.3 Å². The van der Waals surface area contributed by atoms with E-state index in [-0.39, 0.29) is 0 Å². The van der Waals surface area contributed by atoms with Crippen LogP contribution in [0, 0.1) is 0 Å². The van der Waals surface area contributed by atoms with Crippen molar-refractivity contribution in [3.8, 4) is 0 Å². The Kier molecular flexibility index (Phi) is 29.5. The molecule has 6 heteroatoms. The van der Waals surface area contributed by atoms with E-state index in [1.807, 2.05) is 0 Å². The van der Waals surface area contributed by atoms with Gasteiger partial charge in [-0.15, -0.1) is 0 Å². The standard InChI is InChI=1S/C32H66O6/c1-3-5-7-9-11-13-15-17-19-21-23-25-37-31(29(35)27-33)32(30(36)28-34)38-26-24-22-20-18-16-14-12-10-8-6-4-2/h29-36H,3-28H2,1-2H3/t29-,30-,31-,32-/m1/s1. The second kappa shape index (κ2) is 29.7. The number of hydrogen-bond acceptors (Lipinski definition) is 6. The Morgan fingerprint density at radius 1 is 0.395 bits per heavy atom. The first-order valence-electron chi connectivity index (χ1n) is 16.4. The van der Waals surface area contributed by atoms with Gasteiger partial charge < -0.3 is 29.9 Å². The predicted molar refractivity (Wildman–Crippen MR) is 159 cm³/mol. The quantitative estimate of drug-likeness (QED) is 0.0693. The smallest absolute Gasteiger partial charge is 0.114 e. The van der Waals surface area contributed by atoms with Crippen molar-refractivity contribution in [2.24, 2.45) is 0 Å². The molecule has 0 aliphatic carbocycles. The molecule has 4 N–H and O–H groups in total. The lowest BCUT2D eigenvalue weighted by Crippen LogP contribution is -2.50. The largest absolute Gasteiger partial charge is 0.394 e. The number of aliphatic hydroxyl groups is 4. The first-order valence-corrected chi connectivity index (χ1v) is 16.4. The minimum absolute atomic E-state index is 0.440. The van der Waals surface area contributed by atoms with Gasteiger partial charge in [0.05, 0.1) is 13.2 Å². The molecule has 38 heavy (non-hydrogen) atoms. The molecule has 0 aromatic heterocycles. The van der Waals surface area contributed by atoms with Gasteiger partial charge in [0.2, 0.25) is 0 Å². The lowest BCUT2D eigenvalue weighted by atomic mass is 10.0. The Morgan fingerprint density at radius 2 is 0.632 bits per heavy atom. The highest BCUT2D eigenvalue weighted by molar-refractivity contribution is 4.84. The highest BCUT2D eigenvalue weighted by Gasteiger charge is 2.34. The maximum atomic E-state index is 10.4. The van der Waals surface area contributed by atoms with E-state index in [2.05, 4.69) is 13.8 Å². The first kappa shape index (κ1) is 37.8. The second-order valence-electron chi connectivity index (χ2n) is 11.2. The van der Waals surface area contributed by atoms with Crippen LogP contribution >= 0.6 is 0 Å². The SMILES string of the molecule is CCCCCCCCCCCCCO[C@@H]([C@H](OCCCCCCCCCCCCC)[C@H](O)CO)[C@H](O)CO. The van der Waals surface area contributed by atoms with E-state index >= 15 is 0 Å². The molecular weight excluding hydrogens is 480 g/mol. The Hall–Kier alpha value is -0.240. The molecule has 0 spiro atoms. The molecule has 0 aromatic carbocycles. The van der Waals surface area contributed by atoms with E-state index < -0.39 is 37.6 Å². The third kappa shape index (κ3) is 22.6. The third-order valence-corrected chi connectivity index (χ3v) is 7.57. The summed E-state index contributed by atoms with van der Waals surface area (Å²) in [4.78, 5) is 0. The van der Waals surface area contributed by atoms with E-state index in [1.54, 1.807) is 0 Å². The van der Waals surface area contributed by atoms with Crippen molar-refractivity contribution >= 4 is 0 Å². The summed E-state index contributed by atoms with van der Waals surface area (Å²) in [5.41, 5.74) is 0. The summed E-state index contributed by atoms with van der Waals surface area (Å²) >= 11 is 0. The number of rotatable bonds is 31. The summed E-state index contributed by atoms with van der Waals surface area (Å²) in [6.45, 7) is 4.43. The zero-order valence-electron chi connectivity index (χ0n) is 25.3. The number of unbranched alkanes of at least 4 members (excludes halogenated alkanes) is 20. The minimum Gasteiger partial charge on any atom is -0.394 e. The lowest BCUT2D eigenvalue weighted by Gasteiger charge is -2.32. The Balaban J connectivity index is 4.12. The fourth-order valence-electron chi connectivity index (χ4n) is 5.03. The minimum atomic E-state index is -1.16. The van der Waals surface area contributed by atoms with Crippen molar-refractivity contribution in [3.05, 3.63) is 0 Å². The highest BCUT2D eigenvalue weighted by Crippen LogP contribution is 2.17. The van der Waals surface area contributed by atoms with Crippen LogP contribution in [0.4, 0.5) is 0 Å². The average Bonchev–Trinajstić information content (AvgIpc) is 2.93. The monoisotopic (exact) mass is 546 g/mol. The molecular formula is C32H66O6. The van der Waals surface area contributed by atoms with E-state index in [4.69, 9.17) is 9.47 Å². The topological polar surface area (TPSA) is 99.4 Å². The van der Waals surface area contributed by atoms with Crippen molar-refractivity contribution in [3.63, 3.8) is 0 Å². The van der Waals surface area contributed by atoms with Gasteiger partial charge >= 0.3 is 0 Å². The van der Waals surface area contributed by atoms with Gasteiger partial charge in [-0.3, -0.25) is 0 Å². The van der Waals surface area contributed by atoms with Crippen molar-refractivity contribution in [2.45, 2.75) is 180 Å². The molecule has 0 unspecified atom stereocenters. The summed E-state index contributed by atoms with van der Waals surface area (Å²) in [5.74, 6) is 0. The molecule has 230 valence electrons. The normalized spacial score (nSPS) is 15.0. The second-order valence-corrected chi connectivity index (χ2v) is 11.2. The van der Waals surface area contributed by atoms with Crippen molar-refractivity contribution in [2.75, 3.05) is 26.4 Å². The number of hydrogen-bond donors (Lipinski definition) is 4. The van der Waals surface area contributed by atoms with Gasteiger partial charge in [-0.1, -0.05) is 142 Å². The molecule has 0 fully saturated rings. The maximum Gasteiger partial charge on any atom is 0.114 e. The van der Waals surface area contributed by atoms with E-state index in [0.717, 1.165) is 25.7 Å². The zero-order chi connectivity index (χ0) is 28.1. The van der Waals surface area contributed by atoms with Gasteiger partial charge in [0.15, 0.2) is 0 Å². The molecule has 0 heterocycles. The lowest BCUT2D eigenvalue weighted by molar-refractivity contribution is -0.170. The van der Waals surface area contributed by atoms with Crippen LogP contribution in [0.15, 0.2) is 0 Å². The molecule has 0 saturated carbocycles. The van der Waals surface area contributed by atoms with Crippen LogP contribution in [-0.2, 0) is 9.47 Å². The van der Waals surface area contributed by atoms with Crippen LogP contribution in [0.5, 0.6) is 0 Å². The molecule has 0 rings (SSSR count). The van der Waals surface area contributed by atoms with Crippen LogP contribution in [0.1, 0.15) is 155 Å². The van der Waals surface area contributed by atoms with Gasteiger partial charge in [-0.2, -0.15) is 0 Å². The third-order valence-electron chi connectivity index (χ3n) is 7.57. The number of aliphatic hydroxyl groups excluding tert-OH is 4. The number of ether oxygens (including phenoxy) is 2. The molecule has 0 aliphatic heterocycles. The summed E-state index contributed by atoms with van der Waals surface area (Å²) in [6, 6.07) is 0. The molecule has 0 saturated heterocycles. The molecule has 4 atom stereocenters. The van der Waals surface area contributed by atoms with E-state index in [0.29, 0.717) is 13.2 Å². The fourth-order valence-corrected chi connectivity index (χ4v) is 5.03. The van der Waals surface area contributed by atoms with Crippen molar-refractivity contribution < 1.29 is 29.9 Å². The van der Waals surface area contributed by atoms with Crippen LogP contribution in [0.25, 0.3) is 0 Å². The fraction of sp³-hybridized carbons (Fsp3) is 1.00. The van der Waals surface area contributed by atoms with Gasteiger partial charge in [-0.25, -0.2) is 0 Å². The molecule has 0 amide bonds.